The third-order valence-electron chi connectivity index (χ3n) is 3.84. The molecule has 0 radical (unpaired) electrons. The van der Waals surface area contributed by atoms with Crippen molar-refractivity contribution in [3.05, 3.63) is 18.2 Å². The minimum absolute atomic E-state index is 0.00747. The number of hydrogen-bond donors (Lipinski definition) is 3. The summed E-state index contributed by atoms with van der Waals surface area (Å²) in [5.41, 5.74) is 0.339. The summed E-state index contributed by atoms with van der Waals surface area (Å²) in [6.07, 6.45) is 6.37. The smallest absolute Gasteiger partial charge is 0.356 e. The topological polar surface area (TPSA) is 96.3 Å². The molecule has 0 aromatic carbocycles. The SMILES string of the molecule is CCC1(CNC(=O)NCCn2cnc(C(=O)O)c2)CC1. The van der Waals surface area contributed by atoms with Crippen LogP contribution in [0.4, 0.5) is 4.79 Å². The van der Waals surface area contributed by atoms with Gasteiger partial charge in [0.05, 0.1) is 6.33 Å². The van der Waals surface area contributed by atoms with Gasteiger partial charge in [-0.25, -0.2) is 14.6 Å². The molecular weight excluding hydrogens is 260 g/mol. The molecule has 1 fully saturated rings. The van der Waals surface area contributed by atoms with Crippen molar-refractivity contribution in [2.75, 3.05) is 13.1 Å². The number of carbonyl (C=O) groups excluding carboxylic acids is 1. The van der Waals surface area contributed by atoms with Crippen LogP contribution in [-0.4, -0.2) is 39.7 Å². The number of hydrogen-bond acceptors (Lipinski definition) is 3. The van der Waals surface area contributed by atoms with Crippen molar-refractivity contribution >= 4 is 12.0 Å². The molecule has 7 heteroatoms. The van der Waals surface area contributed by atoms with Crippen molar-refractivity contribution in [1.29, 1.82) is 0 Å². The monoisotopic (exact) mass is 280 g/mol. The molecule has 1 aromatic heterocycles. The van der Waals surface area contributed by atoms with Gasteiger partial charge in [-0.1, -0.05) is 6.92 Å². The van der Waals surface area contributed by atoms with Gasteiger partial charge in [0.2, 0.25) is 0 Å². The fourth-order valence-electron chi connectivity index (χ4n) is 2.05. The molecule has 0 atom stereocenters. The molecule has 0 unspecified atom stereocenters. The molecule has 2 rings (SSSR count). The zero-order chi connectivity index (χ0) is 14.6. The van der Waals surface area contributed by atoms with Gasteiger partial charge in [-0.2, -0.15) is 0 Å². The average molecular weight is 280 g/mol. The predicted molar refractivity (Wildman–Crippen MR) is 72.5 cm³/mol. The van der Waals surface area contributed by atoms with Crippen LogP contribution in [0, 0.1) is 5.41 Å². The molecule has 7 nitrogen and oxygen atoms in total. The molecule has 110 valence electrons. The first-order chi connectivity index (χ1) is 9.54. The summed E-state index contributed by atoms with van der Waals surface area (Å²) < 4.78 is 1.64. The molecule has 0 spiro atoms. The molecular formula is C13H20N4O3. The minimum Gasteiger partial charge on any atom is -0.476 e. The number of rotatable bonds is 7. The van der Waals surface area contributed by atoms with Crippen molar-refractivity contribution in [2.24, 2.45) is 5.41 Å². The van der Waals surface area contributed by atoms with E-state index < -0.39 is 5.97 Å². The Bertz CT molecular complexity index is 494. The van der Waals surface area contributed by atoms with Crippen LogP contribution in [-0.2, 0) is 6.54 Å². The second kappa shape index (κ2) is 5.94. The average Bonchev–Trinajstić information content (AvgIpc) is 3.06. The van der Waals surface area contributed by atoms with Gasteiger partial charge in [0.1, 0.15) is 0 Å². The summed E-state index contributed by atoms with van der Waals surface area (Å²) in [6.45, 7) is 3.79. The zero-order valence-corrected chi connectivity index (χ0v) is 11.6. The number of nitrogens with one attached hydrogen (secondary N) is 2. The van der Waals surface area contributed by atoms with Gasteiger partial charge in [0.15, 0.2) is 5.69 Å². The van der Waals surface area contributed by atoms with E-state index in [1.54, 1.807) is 4.57 Å². The third-order valence-corrected chi connectivity index (χ3v) is 3.84. The Morgan fingerprint density at radius 1 is 1.45 bits per heavy atom. The highest BCUT2D eigenvalue weighted by atomic mass is 16.4. The highest BCUT2D eigenvalue weighted by molar-refractivity contribution is 5.84. The van der Waals surface area contributed by atoms with E-state index in [1.807, 2.05) is 0 Å². The normalized spacial score (nSPS) is 15.7. The van der Waals surface area contributed by atoms with Crippen molar-refractivity contribution < 1.29 is 14.7 Å². The zero-order valence-electron chi connectivity index (χ0n) is 11.6. The molecule has 0 bridgehead atoms. The predicted octanol–water partition coefficient (Wildman–Crippen LogP) is 1.07. The molecule has 2 amide bonds. The lowest BCUT2D eigenvalue weighted by atomic mass is 10.0. The van der Waals surface area contributed by atoms with Crippen molar-refractivity contribution in [2.45, 2.75) is 32.7 Å². The Kier molecular flexibility index (Phi) is 4.26. The summed E-state index contributed by atoms with van der Waals surface area (Å²) >= 11 is 0. The fourth-order valence-corrected chi connectivity index (χ4v) is 2.05. The van der Waals surface area contributed by atoms with Crippen LogP contribution in [0.3, 0.4) is 0 Å². The Hall–Kier alpha value is -2.05. The van der Waals surface area contributed by atoms with E-state index >= 15 is 0 Å². The van der Waals surface area contributed by atoms with Crippen LogP contribution < -0.4 is 10.6 Å². The maximum Gasteiger partial charge on any atom is 0.356 e. The van der Waals surface area contributed by atoms with Gasteiger partial charge in [-0.15, -0.1) is 0 Å². The largest absolute Gasteiger partial charge is 0.476 e. The third kappa shape index (κ3) is 3.72. The molecule has 20 heavy (non-hydrogen) atoms. The van der Waals surface area contributed by atoms with Crippen molar-refractivity contribution in [1.82, 2.24) is 20.2 Å². The van der Waals surface area contributed by atoms with Gasteiger partial charge in [-0.3, -0.25) is 0 Å². The van der Waals surface area contributed by atoms with Gasteiger partial charge >= 0.3 is 12.0 Å². The first-order valence-corrected chi connectivity index (χ1v) is 6.81. The molecule has 1 aromatic rings. The maximum atomic E-state index is 11.6. The number of carboxylic acids is 1. The highest BCUT2D eigenvalue weighted by Gasteiger charge is 2.40. The first kappa shape index (κ1) is 14.4. The number of aromatic nitrogens is 2. The molecule has 0 aliphatic heterocycles. The lowest BCUT2D eigenvalue weighted by Gasteiger charge is -2.14. The number of amides is 2. The van der Waals surface area contributed by atoms with Gasteiger partial charge in [0, 0.05) is 25.8 Å². The summed E-state index contributed by atoms with van der Waals surface area (Å²) in [5, 5.41) is 14.4. The van der Waals surface area contributed by atoms with E-state index in [4.69, 9.17) is 5.11 Å². The fraction of sp³-hybridized carbons (Fsp3) is 0.615. The summed E-state index contributed by atoms with van der Waals surface area (Å²) in [7, 11) is 0. The number of aromatic carboxylic acids is 1. The Morgan fingerprint density at radius 3 is 2.75 bits per heavy atom. The molecule has 1 saturated carbocycles. The van der Waals surface area contributed by atoms with Crippen molar-refractivity contribution in [3.63, 3.8) is 0 Å². The van der Waals surface area contributed by atoms with Crippen LogP contribution in [0.15, 0.2) is 12.5 Å². The lowest BCUT2D eigenvalue weighted by Crippen LogP contribution is -2.39. The van der Waals surface area contributed by atoms with Crippen molar-refractivity contribution in [3.8, 4) is 0 Å². The minimum atomic E-state index is -1.05. The molecule has 1 aliphatic carbocycles. The second-order valence-electron chi connectivity index (χ2n) is 5.26. The first-order valence-electron chi connectivity index (χ1n) is 6.81. The number of urea groups is 1. The van der Waals surface area contributed by atoms with E-state index in [2.05, 4.69) is 22.5 Å². The van der Waals surface area contributed by atoms with E-state index in [-0.39, 0.29) is 11.7 Å². The standard InChI is InChI=1S/C13H20N4O3/c1-2-13(3-4-13)8-15-12(20)14-5-6-17-7-10(11(18)19)16-9-17/h7,9H,2-6,8H2,1H3,(H,18,19)(H2,14,15,20). The molecule has 0 saturated heterocycles. The Labute approximate surface area is 117 Å². The maximum absolute atomic E-state index is 11.6. The van der Waals surface area contributed by atoms with Gasteiger partial charge in [0.25, 0.3) is 0 Å². The Morgan fingerprint density at radius 2 is 2.20 bits per heavy atom. The quantitative estimate of drug-likeness (QED) is 0.696. The number of carbonyl (C=O) groups is 2. The summed E-state index contributed by atoms with van der Waals surface area (Å²) in [5.74, 6) is -1.05. The number of imidazole rings is 1. The molecule has 1 heterocycles. The highest BCUT2D eigenvalue weighted by Crippen LogP contribution is 2.47. The van der Waals surface area contributed by atoms with E-state index in [9.17, 15) is 9.59 Å². The van der Waals surface area contributed by atoms with E-state index in [0.29, 0.717) is 18.5 Å². The molecule has 1 aliphatic rings. The van der Waals surface area contributed by atoms with E-state index in [1.165, 1.54) is 25.4 Å². The number of nitrogens with zero attached hydrogens (tertiary/aromatic N) is 2. The summed E-state index contributed by atoms with van der Waals surface area (Å²) in [4.78, 5) is 26.0. The number of carboxylic acid groups (broad SMARTS) is 1. The lowest BCUT2D eigenvalue weighted by molar-refractivity contribution is 0.0691. The second-order valence-corrected chi connectivity index (χ2v) is 5.26. The van der Waals surface area contributed by atoms with Crippen LogP contribution in [0.25, 0.3) is 0 Å². The summed E-state index contributed by atoms with van der Waals surface area (Å²) in [6, 6.07) is -0.178. The molecule has 3 N–H and O–H groups in total. The van der Waals surface area contributed by atoms with Crippen LogP contribution >= 0.6 is 0 Å². The Balaban J connectivity index is 1.64. The van der Waals surface area contributed by atoms with Gasteiger partial charge < -0.3 is 20.3 Å². The van der Waals surface area contributed by atoms with Crippen LogP contribution in [0.2, 0.25) is 0 Å². The van der Waals surface area contributed by atoms with Crippen LogP contribution in [0.5, 0.6) is 0 Å². The van der Waals surface area contributed by atoms with E-state index in [0.717, 1.165) is 13.0 Å². The van der Waals surface area contributed by atoms with Crippen LogP contribution in [0.1, 0.15) is 36.7 Å². The van der Waals surface area contributed by atoms with Gasteiger partial charge in [-0.05, 0) is 24.7 Å².